The lowest BCUT2D eigenvalue weighted by Gasteiger charge is -2.32. The molecular weight excluding hydrogens is 538 g/mol. The Morgan fingerprint density at radius 2 is 1.88 bits per heavy atom. The number of anilines is 1. The van der Waals surface area contributed by atoms with Gasteiger partial charge in [-0.05, 0) is 73.5 Å². The highest BCUT2D eigenvalue weighted by molar-refractivity contribution is 8.18. The molecule has 2 fully saturated rings. The highest BCUT2D eigenvalue weighted by atomic mass is 32.2. The first kappa shape index (κ1) is 26.9. The van der Waals surface area contributed by atoms with E-state index in [9.17, 15) is 9.59 Å². The lowest BCUT2D eigenvalue weighted by Crippen LogP contribution is -2.38. The number of imide groups is 1. The summed E-state index contributed by atoms with van der Waals surface area (Å²) in [5.41, 5.74) is 4.37. The molecule has 3 aromatic heterocycles. The number of hydrogen-bond acceptors (Lipinski definition) is 10. The molecule has 0 bridgehead atoms. The Labute approximate surface area is 241 Å². The summed E-state index contributed by atoms with van der Waals surface area (Å²) in [5.74, 6) is 1.52. The molecule has 0 spiro atoms. The van der Waals surface area contributed by atoms with Crippen molar-refractivity contribution < 1.29 is 14.3 Å². The van der Waals surface area contributed by atoms with Gasteiger partial charge in [0.1, 0.15) is 5.75 Å². The zero-order valence-corrected chi connectivity index (χ0v) is 23.4. The van der Waals surface area contributed by atoms with Crippen LogP contribution in [0.4, 0.5) is 10.7 Å². The van der Waals surface area contributed by atoms with Gasteiger partial charge in [-0.25, -0.2) is 15.0 Å². The number of aromatic nitrogens is 4. The van der Waals surface area contributed by atoms with Crippen LogP contribution in [0.15, 0.2) is 65.8 Å². The maximum Gasteiger partial charge on any atom is 0.290 e. The summed E-state index contributed by atoms with van der Waals surface area (Å²) >= 11 is 0.884. The lowest BCUT2D eigenvalue weighted by atomic mass is 9.97. The van der Waals surface area contributed by atoms with Crippen LogP contribution >= 0.6 is 11.8 Å². The van der Waals surface area contributed by atoms with Gasteiger partial charge < -0.3 is 15.0 Å². The van der Waals surface area contributed by atoms with Crippen LogP contribution in [0.2, 0.25) is 0 Å². The molecule has 4 aromatic rings. The average Bonchev–Trinajstić information content (AvgIpc) is 3.33. The number of nitrogens with zero attached hydrogens (tertiary/aromatic N) is 5. The molecular formula is C30H29N7O3S. The Balaban J connectivity index is 1.06. The van der Waals surface area contributed by atoms with E-state index in [-0.39, 0.29) is 11.1 Å². The molecule has 1 aromatic carbocycles. The van der Waals surface area contributed by atoms with E-state index in [1.54, 1.807) is 25.4 Å². The number of amides is 2. The fourth-order valence-corrected chi connectivity index (χ4v) is 5.82. The van der Waals surface area contributed by atoms with Crippen LogP contribution in [0.25, 0.3) is 28.2 Å². The minimum absolute atomic E-state index is 0.343. The molecule has 41 heavy (non-hydrogen) atoms. The van der Waals surface area contributed by atoms with Crippen LogP contribution in [-0.2, 0) is 11.3 Å². The van der Waals surface area contributed by atoms with Crippen LogP contribution in [0, 0.1) is 5.92 Å². The van der Waals surface area contributed by atoms with Crippen molar-refractivity contribution in [3.05, 3.63) is 77.2 Å². The topological polar surface area (TPSA) is 122 Å². The maximum atomic E-state index is 11.9. The van der Waals surface area contributed by atoms with E-state index in [4.69, 9.17) is 9.72 Å². The standard InChI is InChI=1S/C30H29N7O3S/c1-40-26-7-6-24(22-9-13-32-23-5-3-2-4-21(22)23)35-25(26)18-31-17-19-10-14-37(15-11-19)29-33-12-8-20(34-29)16-27-28(38)36-30(39)41-27/h2-9,12-13,16,19,31H,10-11,14-15,17-18H2,1H3,(H,36,38,39)/b27-16+. The number of carbonyl (C=O) groups is 2. The van der Waals surface area contributed by atoms with Gasteiger partial charge in [-0.2, -0.15) is 0 Å². The predicted molar refractivity (Wildman–Crippen MR) is 159 cm³/mol. The number of nitrogens with one attached hydrogen (secondary N) is 2. The number of piperidine rings is 1. The highest BCUT2D eigenvalue weighted by Crippen LogP contribution is 2.29. The number of benzene rings is 1. The molecule has 0 atom stereocenters. The molecule has 6 rings (SSSR count). The molecule has 2 aliphatic heterocycles. The minimum atomic E-state index is -0.390. The van der Waals surface area contributed by atoms with Crippen LogP contribution in [0.5, 0.6) is 5.75 Å². The third kappa shape index (κ3) is 6.06. The molecule has 5 heterocycles. The SMILES string of the molecule is COc1ccc(-c2ccnc3ccccc23)nc1CNCC1CCN(c2nccc(/C=C3/SC(=O)NC3=O)n2)CC1. The van der Waals surface area contributed by atoms with Gasteiger partial charge in [0.2, 0.25) is 5.95 Å². The second-order valence-electron chi connectivity index (χ2n) is 9.92. The van der Waals surface area contributed by atoms with Gasteiger partial charge in [0.05, 0.1) is 34.6 Å². The first-order valence-electron chi connectivity index (χ1n) is 13.5. The van der Waals surface area contributed by atoms with E-state index < -0.39 is 0 Å². The summed E-state index contributed by atoms with van der Waals surface area (Å²) in [6.07, 6.45) is 7.14. The van der Waals surface area contributed by atoms with Crippen molar-refractivity contribution in [2.75, 3.05) is 31.6 Å². The monoisotopic (exact) mass is 567 g/mol. The molecule has 2 amide bonds. The number of carbonyl (C=O) groups excluding carboxylic acids is 2. The Hall–Kier alpha value is -4.35. The van der Waals surface area contributed by atoms with Gasteiger partial charge in [0.15, 0.2) is 0 Å². The van der Waals surface area contributed by atoms with E-state index in [1.807, 2.05) is 42.6 Å². The van der Waals surface area contributed by atoms with Gasteiger partial charge in [-0.3, -0.25) is 19.9 Å². The Kier molecular flexibility index (Phi) is 7.88. The minimum Gasteiger partial charge on any atom is -0.495 e. The number of thioether (sulfide) groups is 1. The van der Waals surface area contributed by atoms with Crippen molar-refractivity contribution in [3.63, 3.8) is 0 Å². The average molecular weight is 568 g/mol. The van der Waals surface area contributed by atoms with E-state index in [1.165, 1.54) is 0 Å². The smallest absolute Gasteiger partial charge is 0.290 e. The first-order valence-corrected chi connectivity index (χ1v) is 14.3. The molecule has 0 saturated carbocycles. The van der Waals surface area contributed by atoms with Gasteiger partial charge in [0.25, 0.3) is 11.1 Å². The fraction of sp³-hybridized carbons (Fsp3) is 0.267. The molecule has 0 radical (unpaired) electrons. The highest BCUT2D eigenvalue weighted by Gasteiger charge is 2.26. The Morgan fingerprint density at radius 1 is 1.05 bits per heavy atom. The van der Waals surface area contributed by atoms with E-state index in [0.29, 0.717) is 29.0 Å². The van der Waals surface area contributed by atoms with Crippen molar-refractivity contribution in [1.29, 1.82) is 0 Å². The summed E-state index contributed by atoms with van der Waals surface area (Å²) in [7, 11) is 1.67. The molecule has 10 nitrogen and oxygen atoms in total. The van der Waals surface area contributed by atoms with Gasteiger partial charge in [-0.1, -0.05) is 18.2 Å². The van der Waals surface area contributed by atoms with Crippen molar-refractivity contribution in [2.24, 2.45) is 5.92 Å². The summed E-state index contributed by atoms with van der Waals surface area (Å²) < 4.78 is 5.61. The summed E-state index contributed by atoms with van der Waals surface area (Å²) in [5, 5.41) is 6.56. The van der Waals surface area contributed by atoms with Crippen molar-refractivity contribution in [2.45, 2.75) is 19.4 Å². The predicted octanol–water partition coefficient (Wildman–Crippen LogP) is 4.43. The third-order valence-corrected chi connectivity index (χ3v) is 8.10. The zero-order valence-electron chi connectivity index (χ0n) is 22.5. The van der Waals surface area contributed by atoms with Gasteiger partial charge >= 0.3 is 0 Å². The van der Waals surface area contributed by atoms with Crippen LogP contribution in [0.3, 0.4) is 0 Å². The van der Waals surface area contributed by atoms with Crippen LogP contribution in [-0.4, -0.2) is 57.8 Å². The second-order valence-corrected chi connectivity index (χ2v) is 10.9. The lowest BCUT2D eigenvalue weighted by molar-refractivity contribution is -0.115. The molecule has 0 unspecified atom stereocenters. The van der Waals surface area contributed by atoms with E-state index in [2.05, 4.69) is 36.6 Å². The number of pyridine rings is 2. The summed E-state index contributed by atoms with van der Waals surface area (Å²) in [6, 6.07) is 15.8. The Morgan fingerprint density at radius 3 is 2.68 bits per heavy atom. The molecule has 0 aliphatic carbocycles. The van der Waals surface area contributed by atoms with Crippen molar-refractivity contribution in [1.82, 2.24) is 30.6 Å². The van der Waals surface area contributed by atoms with Crippen LogP contribution < -0.4 is 20.3 Å². The number of hydrogen-bond donors (Lipinski definition) is 2. The van der Waals surface area contributed by atoms with Gasteiger partial charge in [-0.15, -0.1) is 0 Å². The molecule has 2 aliphatic rings. The van der Waals surface area contributed by atoms with Crippen LogP contribution in [0.1, 0.15) is 24.2 Å². The van der Waals surface area contributed by atoms with Crippen molar-refractivity contribution in [3.8, 4) is 17.0 Å². The second kappa shape index (κ2) is 12.0. The Bertz CT molecular complexity index is 1630. The quantitative estimate of drug-likeness (QED) is 0.296. The normalized spacial score (nSPS) is 16.9. The molecule has 2 N–H and O–H groups in total. The van der Waals surface area contributed by atoms with E-state index in [0.717, 1.165) is 77.8 Å². The number of rotatable bonds is 8. The largest absolute Gasteiger partial charge is 0.495 e. The fourth-order valence-electron chi connectivity index (χ4n) is 5.15. The summed E-state index contributed by atoms with van der Waals surface area (Å²) in [4.78, 5) is 44.3. The molecule has 2 saturated heterocycles. The first-order chi connectivity index (χ1) is 20.1. The van der Waals surface area contributed by atoms with E-state index >= 15 is 0 Å². The number of fused-ring (bicyclic) bond motifs is 1. The van der Waals surface area contributed by atoms with Crippen molar-refractivity contribution >= 4 is 45.8 Å². The zero-order chi connectivity index (χ0) is 28.2. The maximum absolute atomic E-state index is 11.9. The number of ether oxygens (including phenoxy) is 1. The number of para-hydroxylation sites is 1. The number of methoxy groups -OCH3 is 1. The van der Waals surface area contributed by atoms with Gasteiger partial charge in [0, 0.05) is 43.0 Å². The third-order valence-electron chi connectivity index (χ3n) is 7.29. The molecule has 208 valence electrons. The summed E-state index contributed by atoms with van der Waals surface area (Å²) in [6.45, 7) is 3.15. The molecule has 11 heteroatoms.